The Bertz CT molecular complexity index is 424. The van der Waals surface area contributed by atoms with Gasteiger partial charge in [-0.3, -0.25) is 0 Å². The van der Waals surface area contributed by atoms with E-state index in [0.29, 0.717) is 0 Å². The average molecular weight is 455 g/mol. The van der Waals surface area contributed by atoms with E-state index in [1.54, 1.807) is 11.1 Å². The number of aryl methyl sites for hydroxylation is 2. The quantitative estimate of drug-likeness (QED) is 0.121. The fourth-order valence-corrected chi connectivity index (χ4v) is 4.65. The van der Waals surface area contributed by atoms with Crippen LogP contribution in [-0.2, 0) is 12.8 Å². The Hall–Kier alpha value is 0.480. The summed E-state index contributed by atoms with van der Waals surface area (Å²) in [6, 6.07) is 9.26. The van der Waals surface area contributed by atoms with Gasteiger partial charge in [-0.05, 0) is 36.8 Å². The van der Waals surface area contributed by atoms with Crippen LogP contribution < -0.4 is 0 Å². The van der Waals surface area contributed by atoms with Crippen molar-refractivity contribution in [2.45, 2.75) is 155 Å². The van der Waals surface area contributed by atoms with Crippen molar-refractivity contribution >= 4 is 37.7 Å². The van der Waals surface area contributed by atoms with Crippen molar-refractivity contribution < 1.29 is 0 Å². The Morgan fingerprint density at radius 3 is 0.935 bits per heavy atom. The Morgan fingerprint density at radius 1 is 0.387 bits per heavy atom. The van der Waals surface area contributed by atoms with E-state index < -0.39 is 0 Å². The molecule has 0 nitrogen and oxygen atoms in total. The Balaban J connectivity index is 0.00000900. The van der Waals surface area contributed by atoms with E-state index in [0.717, 1.165) is 0 Å². The summed E-state index contributed by atoms with van der Waals surface area (Å²) in [6.45, 7) is 4.60. The van der Waals surface area contributed by atoms with Crippen LogP contribution in [0.15, 0.2) is 24.3 Å². The van der Waals surface area contributed by atoms with Crippen molar-refractivity contribution in [3.05, 3.63) is 35.4 Å². The van der Waals surface area contributed by atoms with E-state index in [2.05, 4.69) is 38.1 Å². The van der Waals surface area contributed by atoms with Crippen LogP contribution in [0.1, 0.15) is 153 Å². The second kappa shape index (κ2) is 25.1. The van der Waals surface area contributed by atoms with Crippen LogP contribution in [0.3, 0.4) is 0 Å². The molecule has 1 rings (SSSR count). The van der Waals surface area contributed by atoms with E-state index in [9.17, 15) is 0 Å². The van der Waals surface area contributed by atoms with Crippen LogP contribution in [0.25, 0.3) is 0 Å². The third-order valence-electron chi connectivity index (χ3n) is 6.72. The topological polar surface area (TPSA) is 0 Å². The Labute approximate surface area is 226 Å². The summed E-state index contributed by atoms with van der Waals surface area (Å²) in [6.07, 6.45) is 31.2. The molecule has 0 saturated carbocycles. The summed E-state index contributed by atoms with van der Waals surface area (Å²) >= 11 is 0. The normalized spacial score (nSPS) is 10.9. The SMILES string of the molecule is CCCCCCCCCCCCc1ccccc1CCCCCCCCCCCC.[Ca]. The van der Waals surface area contributed by atoms with Gasteiger partial charge in [0.15, 0.2) is 0 Å². The van der Waals surface area contributed by atoms with Crippen LogP contribution in [0.4, 0.5) is 0 Å². The molecule has 176 valence electrons. The van der Waals surface area contributed by atoms with Gasteiger partial charge in [0.2, 0.25) is 0 Å². The molecule has 0 aliphatic rings. The molecule has 0 bridgehead atoms. The first kappa shape index (κ1) is 31.5. The second-order valence-electron chi connectivity index (χ2n) is 9.63. The molecule has 0 unspecified atom stereocenters. The third kappa shape index (κ3) is 19.6. The standard InChI is InChI=1S/C30H54.Ca/c1-3-5-7-9-11-13-15-17-19-21-25-29-27-23-24-28-30(29)26-22-20-18-16-14-12-10-8-6-4-2;/h23-24,27-28H,3-22,25-26H2,1-2H3;. The van der Waals surface area contributed by atoms with Crippen molar-refractivity contribution in [1.82, 2.24) is 0 Å². The first-order valence-corrected chi connectivity index (χ1v) is 13.9. The van der Waals surface area contributed by atoms with Crippen LogP contribution in [0, 0.1) is 0 Å². The largest absolute Gasteiger partial charge is 0.0654 e. The minimum absolute atomic E-state index is 0. The van der Waals surface area contributed by atoms with Crippen LogP contribution in [0.5, 0.6) is 0 Å². The fraction of sp³-hybridized carbons (Fsp3) is 0.800. The van der Waals surface area contributed by atoms with Gasteiger partial charge in [0.05, 0.1) is 0 Å². The molecule has 31 heavy (non-hydrogen) atoms. The molecule has 1 aromatic carbocycles. The molecule has 0 aromatic heterocycles. The Morgan fingerprint density at radius 2 is 0.645 bits per heavy atom. The summed E-state index contributed by atoms with van der Waals surface area (Å²) in [5, 5.41) is 0. The molecule has 0 atom stereocenters. The molecule has 0 spiro atoms. The molecular weight excluding hydrogens is 400 g/mol. The van der Waals surface area contributed by atoms with Gasteiger partial charge in [-0.2, -0.15) is 0 Å². The van der Waals surface area contributed by atoms with Gasteiger partial charge in [-0.1, -0.05) is 154 Å². The molecule has 0 heterocycles. The number of benzene rings is 1. The van der Waals surface area contributed by atoms with E-state index in [1.165, 1.54) is 141 Å². The zero-order valence-electron chi connectivity index (χ0n) is 21.6. The second-order valence-corrected chi connectivity index (χ2v) is 9.63. The molecule has 2 radical (unpaired) electrons. The summed E-state index contributed by atoms with van der Waals surface area (Å²) in [5.74, 6) is 0. The number of hydrogen-bond acceptors (Lipinski definition) is 0. The number of unbranched alkanes of at least 4 members (excludes halogenated alkanes) is 18. The molecule has 1 heteroatoms. The van der Waals surface area contributed by atoms with Crippen molar-refractivity contribution in [2.24, 2.45) is 0 Å². The van der Waals surface area contributed by atoms with Gasteiger partial charge < -0.3 is 0 Å². The molecular formula is C30H54Ca. The van der Waals surface area contributed by atoms with Crippen molar-refractivity contribution in [3.63, 3.8) is 0 Å². The van der Waals surface area contributed by atoms with Gasteiger partial charge in [-0.25, -0.2) is 0 Å². The maximum atomic E-state index is 2.39. The van der Waals surface area contributed by atoms with Gasteiger partial charge in [0.1, 0.15) is 0 Å². The van der Waals surface area contributed by atoms with E-state index in [-0.39, 0.29) is 37.7 Å². The smallest absolute Gasteiger partial charge is 0 e. The summed E-state index contributed by atoms with van der Waals surface area (Å²) in [5.41, 5.74) is 3.26. The molecule has 0 N–H and O–H groups in total. The minimum atomic E-state index is 0. The number of rotatable bonds is 22. The monoisotopic (exact) mass is 454 g/mol. The minimum Gasteiger partial charge on any atom is -0.0654 e. The van der Waals surface area contributed by atoms with Crippen LogP contribution >= 0.6 is 0 Å². The molecule has 0 aliphatic heterocycles. The molecule has 0 aliphatic carbocycles. The molecule has 0 saturated heterocycles. The summed E-state index contributed by atoms with van der Waals surface area (Å²) in [7, 11) is 0. The zero-order chi connectivity index (χ0) is 21.5. The third-order valence-corrected chi connectivity index (χ3v) is 6.72. The van der Waals surface area contributed by atoms with Gasteiger partial charge in [-0.15, -0.1) is 0 Å². The molecule has 1 aromatic rings. The predicted molar refractivity (Wildman–Crippen MR) is 143 cm³/mol. The van der Waals surface area contributed by atoms with Crippen LogP contribution in [-0.4, -0.2) is 37.7 Å². The first-order chi connectivity index (χ1) is 14.9. The van der Waals surface area contributed by atoms with Crippen molar-refractivity contribution in [1.29, 1.82) is 0 Å². The number of hydrogen-bond donors (Lipinski definition) is 0. The predicted octanol–water partition coefficient (Wildman–Crippen LogP) is 10.2. The molecule has 0 fully saturated rings. The maximum Gasteiger partial charge on any atom is 0 e. The van der Waals surface area contributed by atoms with Gasteiger partial charge in [0.25, 0.3) is 0 Å². The summed E-state index contributed by atoms with van der Waals surface area (Å²) < 4.78 is 0. The molecule has 0 amide bonds. The van der Waals surface area contributed by atoms with Crippen molar-refractivity contribution in [2.75, 3.05) is 0 Å². The summed E-state index contributed by atoms with van der Waals surface area (Å²) in [4.78, 5) is 0. The Kier molecular flexibility index (Phi) is 25.5. The maximum absolute atomic E-state index is 2.39. The fourth-order valence-electron chi connectivity index (χ4n) is 4.65. The van der Waals surface area contributed by atoms with Gasteiger partial charge in [0, 0.05) is 37.7 Å². The zero-order valence-corrected chi connectivity index (χ0v) is 23.8. The van der Waals surface area contributed by atoms with Gasteiger partial charge >= 0.3 is 0 Å². The van der Waals surface area contributed by atoms with E-state index in [4.69, 9.17) is 0 Å². The van der Waals surface area contributed by atoms with Crippen molar-refractivity contribution in [3.8, 4) is 0 Å². The van der Waals surface area contributed by atoms with E-state index in [1.807, 2.05) is 0 Å². The average Bonchev–Trinajstić information content (AvgIpc) is 2.77. The van der Waals surface area contributed by atoms with Crippen LogP contribution in [0.2, 0.25) is 0 Å². The first-order valence-electron chi connectivity index (χ1n) is 13.9. The van der Waals surface area contributed by atoms with E-state index >= 15 is 0 Å².